The van der Waals surface area contributed by atoms with Gasteiger partial charge < -0.3 is 15.0 Å². The van der Waals surface area contributed by atoms with E-state index in [1.165, 1.54) is 0 Å². The molecule has 0 saturated heterocycles. The fraction of sp³-hybridized carbons (Fsp3) is 0.368. The number of benzene rings is 1. The zero-order chi connectivity index (χ0) is 17.3. The highest BCUT2D eigenvalue weighted by atomic mass is 16.5. The number of anilines is 2. The van der Waals surface area contributed by atoms with Crippen LogP contribution in [-0.2, 0) is 4.79 Å². The van der Waals surface area contributed by atoms with Crippen LogP contribution in [0.5, 0.6) is 5.88 Å². The van der Waals surface area contributed by atoms with Crippen LogP contribution in [0.2, 0.25) is 0 Å². The lowest BCUT2D eigenvalue weighted by molar-refractivity contribution is -0.117. The van der Waals surface area contributed by atoms with Gasteiger partial charge in [-0.2, -0.15) is 4.98 Å². The van der Waals surface area contributed by atoms with Crippen LogP contribution in [-0.4, -0.2) is 24.0 Å². The van der Waals surface area contributed by atoms with Gasteiger partial charge in [-0.25, -0.2) is 0 Å². The van der Waals surface area contributed by atoms with Crippen molar-refractivity contribution in [3.8, 4) is 5.88 Å². The molecule has 5 nitrogen and oxygen atoms in total. The minimum atomic E-state index is 0.0692. The maximum atomic E-state index is 12.1. The van der Waals surface area contributed by atoms with E-state index in [9.17, 15) is 4.79 Å². The summed E-state index contributed by atoms with van der Waals surface area (Å²) in [6, 6.07) is 13.9. The average Bonchev–Trinajstić information content (AvgIpc) is 2.59. The van der Waals surface area contributed by atoms with E-state index in [-0.39, 0.29) is 23.9 Å². The SMILES string of the molecule is COc1cccc(NC2c3ccccc3N(C(C)=O)[C@@H](C)[C@@H]2C)n1. The van der Waals surface area contributed by atoms with Gasteiger partial charge in [-0.1, -0.05) is 31.2 Å². The summed E-state index contributed by atoms with van der Waals surface area (Å²) in [7, 11) is 1.61. The first kappa shape index (κ1) is 16.3. The lowest BCUT2D eigenvalue weighted by atomic mass is 9.83. The third-order valence-corrected chi connectivity index (χ3v) is 4.80. The topological polar surface area (TPSA) is 54.5 Å². The van der Waals surface area contributed by atoms with E-state index in [1.807, 2.05) is 41.3 Å². The molecule has 1 aliphatic rings. The number of hydrogen-bond acceptors (Lipinski definition) is 4. The van der Waals surface area contributed by atoms with Crippen LogP contribution in [0.3, 0.4) is 0 Å². The number of carbonyl (C=O) groups excluding carboxylic acids is 1. The Hall–Kier alpha value is -2.56. The van der Waals surface area contributed by atoms with Gasteiger partial charge in [0.2, 0.25) is 11.8 Å². The van der Waals surface area contributed by atoms with Gasteiger partial charge in [0.1, 0.15) is 5.82 Å². The average molecular weight is 325 g/mol. The Morgan fingerprint density at radius 2 is 1.92 bits per heavy atom. The number of methoxy groups -OCH3 is 1. The Kier molecular flexibility index (Phi) is 4.42. The van der Waals surface area contributed by atoms with Gasteiger partial charge in [-0.15, -0.1) is 0 Å². The van der Waals surface area contributed by atoms with E-state index < -0.39 is 0 Å². The van der Waals surface area contributed by atoms with Crippen molar-refractivity contribution in [3.05, 3.63) is 48.0 Å². The maximum Gasteiger partial charge on any atom is 0.224 e. The highest BCUT2D eigenvalue weighted by Gasteiger charge is 2.37. The van der Waals surface area contributed by atoms with Crippen molar-refractivity contribution in [1.29, 1.82) is 0 Å². The summed E-state index contributed by atoms with van der Waals surface area (Å²) in [6.07, 6.45) is 0. The van der Waals surface area contributed by atoms with E-state index in [1.54, 1.807) is 14.0 Å². The van der Waals surface area contributed by atoms with Crippen LogP contribution in [0.4, 0.5) is 11.5 Å². The standard InChI is InChI=1S/C19H23N3O2/c1-12-13(2)22(14(3)23)16-9-6-5-8-15(16)19(12)21-17-10-7-11-18(20-17)24-4/h5-13,19H,1-4H3,(H,20,21)/t12-,13-,19?/m0/s1. The first-order valence-electron chi connectivity index (χ1n) is 8.19. The second-order valence-electron chi connectivity index (χ2n) is 6.23. The van der Waals surface area contributed by atoms with E-state index in [2.05, 4.69) is 30.2 Å². The van der Waals surface area contributed by atoms with Crippen molar-refractivity contribution in [2.45, 2.75) is 32.9 Å². The summed E-state index contributed by atoms with van der Waals surface area (Å²) in [5.74, 6) is 1.65. The van der Waals surface area contributed by atoms with Crippen LogP contribution in [0.1, 0.15) is 32.4 Å². The lowest BCUT2D eigenvalue weighted by Gasteiger charge is -2.43. The first-order valence-corrected chi connectivity index (χ1v) is 8.19. The molecule has 1 aromatic heterocycles. The number of para-hydroxylation sites is 1. The van der Waals surface area contributed by atoms with E-state index >= 15 is 0 Å². The summed E-state index contributed by atoms with van der Waals surface area (Å²) in [5.41, 5.74) is 2.08. The number of nitrogens with one attached hydrogen (secondary N) is 1. The molecule has 0 fully saturated rings. The Bertz CT molecular complexity index is 747. The van der Waals surface area contributed by atoms with E-state index in [4.69, 9.17) is 4.74 Å². The van der Waals surface area contributed by atoms with E-state index in [0.29, 0.717) is 5.88 Å². The van der Waals surface area contributed by atoms with Crippen molar-refractivity contribution in [2.75, 3.05) is 17.3 Å². The third kappa shape index (κ3) is 2.82. The molecule has 1 amide bonds. The van der Waals surface area contributed by atoms with Crippen LogP contribution in [0, 0.1) is 5.92 Å². The molecule has 2 heterocycles. The number of ether oxygens (including phenoxy) is 1. The molecule has 126 valence electrons. The summed E-state index contributed by atoms with van der Waals surface area (Å²) >= 11 is 0. The van der Waals surface area contributed by atoms with Crippen molar-refractivity contribution in [3.63, 3.8) is 0 Å². The monoisotopic (exact) mass is 325 g/mol. The molecule has 1 aromatic carbocycles. The molecule has 0 aliphatic carbocycles. The Morgan fingerprint density at radius 3 is 2.62 bits per heavy atom. The molecule has 1 N–H and O–H groups in total. The fourth-order valence-corrected chi connectivity index (χ4v) is 3.42. The van der Waals surface area contributed by atoms with Gasteiger partial charge in [0, 0.05) is 30.6 Å². The second-order valence-corrected chi connectivity index (χ2v) is 6.23. The molecule has 0 radical (unpaired) electrons. The Morgan fingerprint density at radius 1 is 1.17 bits per heavy atom. The molecule has 24 heavy (non-hydrogen) atoms. The fourth-order valence-electron chi connectivity index (χ4n) is 3.42. The van der Waals surface area contributed by atoms with Crippen molar-refractivity contribution in [1.82, 2.24) is 4.98 Å². The zero-order valence-electron chi connectivity index (χ0n) is 14.5. The zero-order valence-corrected chi connectivity index (χ0v) is 14.5. The molecule has 1 unspecified atom stereocenters. The van der Waals surface area contributed by atoms with Gasteiger partial charge in [-0.05, 0) is 24.6 Å². The number of aromatic nitrogens is 1. The molecule has 5 heteroatoms. The van der Waals surface area contributed by atoms with Gasteiger partial charge in [0.15, 0.2) is 0 Å². The number of hydrogen-bond donors (Lipinski definition) is 1. The molecular formula is C19H23N3O2. The highest BCUT2D eigenvalue weighted by Crippen LogP contribution is 2.42. The quantitative estimate of drug-likeness (QED) is 0.936. The van der Waals surface area contributed by atoms with Crippen LogP contribution < -0.4 is 15.0 Å². The predicted molar refractivity (Wildman–Crippen MR) is 95.4 cm³/mol. The van der Waals surface area contributed by atoms with Gasteiger partial charge in [0.25, 0.3) is 0 Å². The smallest absolute Gasteiger partial charge is 0.224 e. The summed E-state index contributed by atoms with van der Waals surface area (Å²) in [5, 5.41) is 3.52. The summed E-state index contributed by atoms with van der Waals surface area (Å²) < 4.78 is 5.21. The number of amides is 1. The molecule has 1 aliphatic heterocycles. The van der Waals surface area contributed by atoms with Gasteiger partial charge in [-0.3, -0.25) is 4.79 Å². The van der Waals surface area contributed by atoms with Crippen LogP contribution in [0.15, 0.2) is 42.5 Å². The van der Waals surface area contributed by atoms with Crippen molar-refractivity contribution < 1.29 is 9.53 Å². The third-order valence-electron chi connectivity index (χ3n) is 4.80. The van der Waals surface area contributed by atoms with Crippen molar-refractivity contribution in [2.24, 2.45) is 5.92 Å². The minimum absolute atomic E-state index is 0.0692. The molecule has 3 atom stereocenters. The number of pyridine rings is 1. The normalized spacial score (nSPS) is 22.7. The van der Waals surface area contributed by atoms with Gasteiger partial charge >= 0.3 is 0 Å². The van der Waals surface area contributed by atoms with Crippen molar-refractivity contribution >= 4 is 17.4 Å². The molecule has 0 saturated carbocycles. The minimum Gasteiger partial charge on any atom is -0.481 e. The van der Waals surface area contributed by atoms with Gasteiger partial charge in [0.05, 0.1) is 13.2 Å². The number of carbonyl (C=O) groups is 1. The lowest BCUT2D eigenvalue weighted by Crippen LogP contribution is -2.48. The second kappa shape index (κ2) is 6.51. The molecule has 0 bridgehead atoms. The Labute approximate surface area is 142 Å². The molecule has 0 spiro atoms. The molecule has 2 aromatic rings. The number of nitrogens with zero attached hydrogens (tertiary/aromatic N) is 2. The van der Waals surface area contributed by atoms with Crippen LogP contribution in [0.25, 0.3) is 0 Å². The molecule has 3 rings (SSSR count). The predicted octanol–water partition coefficient (Wildman–Crippen LogP) is 3.63. The first-order chi connectivity index (χ1) is 11.5. The maximum absolute atomic E-state index is 12.1. The Balaban J connectivity index is 2.00. The number of rotatable bonds is 3. The highest BCUT2D eigenvalue weighted by molar-refractivity contribution is 5.93. The molecular weight excluding hydrogens is 302 g/mol. The summed E-state index contributed by atoms with van der Waals surface area (Å²) in [4.78, 5) is 18.5. The van der Waals surface area contributed by atoms with Crippen LogP contribution >= 0.6 is 0 Å². The number of fused-ring (bicyclic) bond motifs is 1. The van der Waals surface area contributed by atoms with E-state index in [0.717, 1.165) is 17.1 Å². The largest absolute Gasteiger partial charge is 0.481 e. The summed E-state index contributed by atoms with van der Waals surface area (Å²) in [6.45, 7) is 5.88.